The number of aromatic nitrogens is 3. The van der Waals surface area contributed by atoms with Gasteiger partial charge in [0.15, 0.2) is 0 Å². The van der Waals surface area contributed by atoms with Crippen molar-refractivity contribution in [2.75, 3.05) is 0 Å². The molecule has 2 rings (SSSR count). The second-order valence-electron chi connectivity index (χ2n) is 7.67. The normalized spacial score (nSPS) is 11.1. The van der Waals surface area contributed by atoms with Gasteiger partial charge in [0.1, 0.15) is 0 Å². The monoisotopic (exact) mass is 461 g/mol. The van der Waals surface area contributed by atoms with E-state index >= 15 is 0 Å². The standard InChI is InChI=1S/C14H21O2.C3H2N3.2ClH.Zr/c1-13(2,3)9-7-10(14(4,5)6)12(16)8-11(9)15;1-2-4-6-5-3-1;;;/h7,15-16H,1-6H3;1-2H;2*1H;/q;;;;+2/p-2. The number of benzene rings is 1. The average Bonchev–Trinajstić information content (AvgIpc) is 2.41. The molecule has 0 fully saturated rings. The summed E-state index contributed by atoms with van der Waals surface area (Å²) in [6.45, 7) is 12.4. The Hall–Kier alpha value is -0.707. The molecule has 8 heteroatoms. The summed E-state index contributed by atoms with van der Waals surface area (Å²) >= 11 is -1.49. The van der Waals surface area contributed by atoms with E-state index in [2.05, 4.69) is 57.0 Å². The fourth-order valence-electron chi connectivity index (χ4n) is 2.36. The molecular formula is C17H23Cl2N3O2Zr. The summed E-state index contributed by atoms with van der Waals surface area (Å²) in [6.07, 6.45) is 1.59. The van der Waals surface area contributed by atoms with Crippen LogP contribution in [0.1, 0.15) is 52.7 Å². The van der Waals surface area contributed by atoms with Gasteiger partial charge in [-0.05, 0) is 0 Å². The third kappa shape index (κ3) is 5.63. The van der Waals surface area contributed by atoms with Crippen LogP contribution in [0.25, 0.3) is 0 Å². The van der Waals surface area contributed by atoms with Crippen LogP contribution >= 0.6 is 0 Å². The zero-order chi connectivity index (χ0) is 17.4. The van der Waals surface area contributed by atoms with Gasteiger partial charge >= 0.3 is 149 Å². The van der Waals surface area contributed by atoms with E-state index in [0.29, 0.717) is 3.27 Å². The zero-order valence-corrected chi connectivity index (χ0v) is 19.2. The molecule has 0 aliphatic carbocycles. The topological polar surface area (TPSA) is 79.1 Å². The molecular weight excluding hydrogens is 440 g/mol. The third-order valence-corrected chi connectivity index (χ3v) is 6.71. The minimum Gasteiger partial charge on any atom is -1.00 e. The summed E-state index contributed by atoms with van der Waals surface area (Å²) in [5.41, 5.74) is 1.29. The van der Waals surface area contributed by atoms with Crippen molar-refractivity contribution >= 4 is 6.67 Å². The molecule has 25 heavy (non-hydrogen) atoms. The first kappa shape index (κ1) is 24.3. The van der Waals surface area contributed by atoms with E-state index in [1.807, 2.05) is 6.07 Å². The van der Waals surface area contributed by atoms with Gasteiger partial charge < -0.3 is 24.8 Å². The van der Waals surface area contributed by atoms with Gasteiger partial charge in [-0.2, -0.15) is 0 Å². The average molecular weight is 464 g/mol. The number of hydrogen-bond donors (Lipinski definition) is 2. The van der Waals surface area contributed by atoms with Crippen LogP contribution in [-0.2, 0) is 34.1 Å². The second kappa shape index (κ2) is 8.79. The number of rotatable bonds is 2. The van der Waals surface area contributed by atoms with Gasteiger partial charge in [0.05, 0.1) is 0 Å². The molecule has 0 aliphatic heterocycles. The molecule has 0 atom stereocenters. The molecule has 1 aromatic heterocycles. The van der Waals surface area contributed by atoms with Crippen molar-refractivity contribution < 1.29 is 58.3 Å². The Balaban J connectivity index is 0.00000288. The molecule has 0 aliphatic rings. The third-order valence-electron chi connectivity index (χ3n) is 3.64. The quantitative estimate of drug-likeness (QED) is 0.474. The minimum absolute atomic E-state index is 0. The van der Waals surface area contributed by atoms with E-state index < -0.39 is 23.2 Å². The molecule has 0 saturated carbocycles. The van der Waals surface area contributed by atoms with E-state index in [-0.39, 0.29) is 47.1 Å². The van der Waals surface area contributed by atoms with Crippen molar-refractivity contribution in [3.63, 3.8) is 0 Å². The summed E-state index contributed by atoms with van der Waals surface area (Å²) in [7, 11) is 0. The predicted molar refractivity (Wildman–Crippen MR) is 86.3 cm³/mol. The van der Waals surface area contributed by atoms with Gasteiger partial charge in [0.25, 0.3) is 0 Å². The van der Waals surface area contributed by atoms with Gasteiger partial charge in [-0.15, -0.1) is 0 Å². The maximum absolute atomic E-state index is 10.8. The predicted octanol–water partition coefficient (Wildman–Crippen LogP) is -4.08. The molecule has 0 bridgehead atoms. The molecule has 0 saturated heterocycles. The Labute approximate surface area is 173 Å². The molecule has 5 nitrogen and oxygen atoms in total. The smallest absolute Gasteiger partial charge is 1.00 e. The van der Waals surface area contributed by atoms with E-state index in [0.717, 1.165) is 14.5 Å². The molecule has 1 aromatic carbocycles. The van der Waals surface area contributed by atoms with Crippen molar-refractivity contribution in [3.05, 3.63) is 29.5 Å². The van der Waals surface area contributed by atoms with Gasteiger partial charge in [-0.25, -0.2) is 0 Å². The largest absolute Gasteiger partial charge is 1.00 e. The second-order valence-corrected chi connectivity index (χ2v) is 10.8. The molecule has 2 aromatic rings. The number of aromatic hydroxyl groups is 2. The van der Waals surface area contributed by atoms with Crippen LogP contribution < -0.4 is 31.5 Å². The van der Waals surface area contributed by atoms with Crippen molar-refractivity contribution in [1.29, 1.82) is 0 Å². The van der Waals surface area contributed by atoms with Crippen molar-refractivity contribution in [2.45, 2.75) is 52.4 Å². The van der Waals surface area contributed by atoms with Crippen molar-refractivity contribution in [3.8, 4) is 11.5 Å². The SMILES string of the molecule is CC(C)(C)c1cc(C(C)(C)C)c(O)[c]([Zr+2][c]2ccnnn2)c1O.[Cl-].[Cl-]. The summed E-state index contributed by atoms with van der Waals surface area (Å²) in [6, 6.07) is 3.74. The molecule has 0 spiro atoms. The Bertz CT molecular complexity index is 676. The van der Waals surface area contributed by atoms with Crippen LogP contribution in [0.5, 0.6) is 11.5 Å². The summed E-state index contributed by atoms with van der Waals surface area (Å²) in [5, 5.41) is 32.9. The van der Waals surface area contributed by atoms with Crippen LogP contribution in [0.3, 0.4) is 0 Å². The number of phenolic OH excluding ortho intramolecular Hbond substituents is 2. The van der Waals surface area contributed by atoms with E-state index in [1.54, 1.807) is 12.3 Å². The van der Waals surface area contributed by atoms with Gasteiger partial charge in [-0.3, -0.25) is 0 Å². The van der Waals surface area contributed by atoms with E-state index in [4.69, 9.17) is 0 Å². The first-order chi connectivity index (χ1) is 10.5. The minimum atomic E-state index is -1.49. The first-order valence-corrected chi connectivity index (χ1v) is 9.99. The van der Waals surface area contributed by atoms with Gasteiger partial charge in [0.2, 0.25) is 0 Å². The maximum atomic E-state index is 10.8. The Morgan fingerprint density at radius 1 is 0.880 bits per heavy atom. The Kier molecular flexibility index (Phi) is 8.54. The number of halogens is 2. The molecule has 2 N–H and O–H groups in total. The maximum Gasteiger partial charge on any atom is -1.00 e. The van der Waals surface area contributed by atoms with Crippen LogP contribution in [0, 0.1) is 0 Å². The summed E-state index contributed by atoms with van der Waals surface area (Å²) < 4.78 is 1.48. The Morgan fingerprint density at radius 3 is 1.72 bits per heavy atom. The molecule has 0 amide bonds. The van der Waals surface area contributed by atoms with Crippen molar-refractivity contribution in [2.24, 2.45) is 0 Å². The van der Waals surface area contributed by atoms with Crippen LogP contribution in [0.15, 0.2) is 18.3 Å². The fourth-order valence-corrected chi connectivity index (χ4v) is 4.85. The van der Waals surface area contributed by atoms with Crippen molar-refractivity contribution in [1.82, 2.24) is 15.4 Å². The molecule has 0 unspecified atom stereocenters. The summed E-state index contributed by atoms with van der Waals surface area (Å²) in [5.74, 6) is 0.404. The Morgan fingerprint density at radius 2 is 1.36 bits per heavy atom. The van der Waals surface area contributed by atoms with Gasteiger partial charge in [-0.1, -0.05) is 0 Å². The van der Waals surface area contributed by atoms with Crippen LogP contribution in [0.4, 0.5) is 0 Å². The summed E-state index contributed by atoms with van der Waals surface area (Å²) in [4.78, 5) is 0. The van der Waals surface area contributed by atoms with E-state index in [1.165, 1.54) is 0 Å². The van der Waals surface area contributed by atoms with Crippen LogP contribution in [-0.4, -0.2) is 25.6 Å². The molecule has 1 heterocycles. The molecule has 0 radical (unpaired) electrons. The number of hydrogen-bond acceptors (Lipinski definition) is 5. The zero-order valence-electron chi connectivity index (χ0n) is 15.2. The first-order valence-electron chi connectivity index (χ1n) is 7.53. The number of nitrogens with zero attached hydrogens (tertiary/aromatic N) is 3. The van der Waals surface area contributed by atoms with Crippen LogP contribution in [0.2, 0.25) is 0 Å². The fraction of sp³-hybridized carbons (Fsp3) is 0.471. The number of phenols is 2. The molecule has 136 valence electrons. The van der Waals surface area contributed by atoms with Gasteiger partial charge in [0, 0.05) is 0 Å². The van der Waals surface area contributed by atoms with E-state index in [9.17, 15) is 10.2 Å².